The summed E-state index contributed by atoms with van der Waals surface area (Å²) in [7, 11) is 0. The predicted octanol–water partition coefficient (Wildman–Crippen LogP) is 3.61. The van der Waals surface area contributed by atoms with E-state index in [-0.39, 0.29) is 0 Å². The third kappa shape index (κ3) is 3.61. The SMILES string of the molecule is Cc1cccc(OCCN2CCC[C@H]2c2ccccn2)c1. The average molecular weight is 282 g/mol. The second kappa shape index (κ2) is 6.72. The minimum atomic E-state index is 0.451. The van der Waals surface area contributed by atoms with Gasteiger partial charge in [-0.2, -0.15) is 0 Å². The number of aromatic nitrogens is 1. The van der Waals surface area contributed by atoms with Crippen molar-refractivity contribution < 1.29 is 4.74 Å². The zero-order valence-corrected chi connectivity index (χ0v) is 12.5. The molecular weight excluding hydrogens is 260 g/mol. The molecule has 3 heteroatoms. The van der Waals surface area contributed by atoms with E-state index in [4.69, 9.17) is 4.74 Å². The quantitative estimate of drug-likeness (QED) is 0.837. The molecule has 0 saturated carbocycles. The minimum absolute atomic E-state index is 0.451. The van der Waals surface area contributed by atoms with E-state index in [2.05, 4.69) is 41.1 Å². The van der Waals surface area contributed by atoms with Crippen LogP contribution in [0.3, 0.4) is 0 Å². The first kappa shape index (κ1) is 14.1. The fraction of sp³-hybridized carbons (Fsp3) is 0.389. The van der Waals surface area contributed by atoms with E-state index in [1.54, 1.807) is 0 Å². The van der Waals surface area contributed by atoms with E-state index in [9.17, 15) is 0 Å². The summed E-state index contributed by atoms with van der Waals surface area (Å²) < 4.78 is 5.87. The predicted molar refractivity (Wildman–Crippen MR) is 84.5 cm³/mol. The van der Waals surface area contributed by atoms with Crippen LogP contribution in [0.25, 0.3) is 0 Å². The third-order valence-electron chi connectivity index (χ3n) is 4.03. The van der Waals surface area contributed by atoms with Gasteiger partial charge in [-0.25, -0.2) is 0 Å². The molecule has 1 atom stereocenters. The number of pyridine rings is 1. The van der Waals surface area contributed by atoms with E-state index in [1.165, 1.54) is 24.1 Å². The van der Waals surface area contributed by atoms with E-state index in [1.807, 2.05) is 24.4 Å². The van der Waals surface area contributed by atoms with Crippen LogP contribution in [-0.2, 0) is 0 Å². The van der Waals surface area contributed by atoms with Crippen molar-refractivity contribution in [2.24, 2.45) is 0 Å². The summed E-state index contributed by atoms with van der Waals surface area (Å²) in [4.78, 5) is 6.99. The molecule has 0 spiro atoms. The molecule has 3 nitrogen and oxygen atoms in total. The Labute approximate surface area is 126 Å². The van der Waals surface area contributed by atoms with Gasteiger partial charge in [0.15, 0.2) is 0 Å². The summed E-state index contributed by atoms with van der Waals surface area (Å²) in [5, 5.41) is 0. The Kier molecular flexibility index (Phi) is 4.51. The number of benzene rings is 1. The van der Waals surface area contributed by atoms with Gasteiger partial charge in [0.1, 0.15) is 12.4 Å². The van der Waals surface area contributed by atoms with Gasteiger partial charge in [0.2, 0.25) is 0 Å². The molecular formula is C18H22N2O. The molecule has 1 aromatic heterocycles. The Morgan fingerprint density at radius 2 is 2.19 bits per heavy atom. The molecule has 21 heavy (non-hydrogen) atoms. The summed E-state index contributed by atoms with van der Waals surface area (Å²) in [6.07, 6.45) is 4.32. The first-order valence-corrected chi connectivity index (χ1v) is 7.67. The maximum atomic E-state index is 5.87. The van der Waals surface area contributed by atoms with Crippen LogP contribution < -0.4 is 4.74 Å². The Morgan fingerprint density at radius 3 is 3.00 bits per heavy atom. The van der Waals surface area contributed by atoms with E-state index < -0.39 is 0 Å². The second-order valence-corrected chi connectivity index (χ2v) is 5.61. The van der Waals surface area contributed by atoms with E-state index in [0.717, 1.165) is 25.4 Å². The lowest BCUT2D eigenvalue weighted by Gasteiger charge is -2.23. The highest BCUT2D eigenvalue weighted by Crippen LogP contribution is 2.30. The number of aryl methyl sites for hydroxylation is 1. The van der Waals surface area contributed by atoms with Crippen molar-refractivity contribution in [3.05, 3.63) is 59.9 Å². The van der Waals surface area contributed by atoms with Crippen molar-refractivity contribution in [3.63, 3.8) is 0 Å². The molecule has 1 aromatic carbocycles. The van der Waals surface area contributed by atoms with Crippen molar-refractivity contribution in [1.29, 1.82) is 0 Å². The zero-order valence-electron chi connectivity index (χ0n) is 12.5. The van der Waals surface area contributed by atoms with Crippen molar-refractivity contribution in [1.82, 2.24) is 9.88 Å². The van der Waals surface area contributed by atoms with Crippen molar-refractivity contribution in [2.45, 2.75) is 25.8 Å². The van der Waals surface area contributed by atoms with E-state index in [0.29, 0.717) is 6.04 Å². The van der Waals surface area contributed by atoms with Crippen molar-refractivity contribution >= 4 is 0 Å². The highest BCUT2D eigenvalue weighted by Gasteiger charge is 2.26. The summed E-state index contributed by atoms with van der Waals surface area (Å²) in [5.41, 5.74) is 2.42. The maximum Gasteiger partial charge on any atom is 0.119 e. The molecule has 2 aromatic rings. The molecule has 3 rings (SSSR count). The van der Waals surface area contributed by atoms with Gasteiger partial charge in [-0.3, -0.25) is 9.88 Å². The van der Waals surface area contributed by atoms with Crippen LogP contribution in [0.15, 0.2) is 48.7 Å². The van der Waals surface area contributed by atoms with Crippen LogP contribution in [0.1, 0.15) is 30.1 Å². The Bertz CT molecular complexity index is 570. The van der Waals surface area contributed by atoms with Gasteiger partial charge < -0.3 is 4.74 Å². The average Bonchev–Trinajstić information content (AvgIpc) is 2.97. The van der Waals surface area contributed by atoms with Crippen molar-refractivity contribution in [3.8, 4) is 5.75 Å². The number of ether oxygens (including phenoxy) is 1. The molecule has 1 saturated heterocycles. The molecule has 2 heterocycles. The van der Waals surface area contributed by atoms with Gasteiger partial charge in [0.25, 0.3) is 0 Å². The Balaban J connectivity index is 1.55. The number of hydrogen-bond donors (Lipinski definition) is 0. The first-order chi connectivity index (χ1) is 10.3. The maximum absolute atomic E-state index is 5.87. The number of nitrogens with zero attached hydrogens (tertiary/aromatic N) is 2. The molecule has 1 fully saturated rings. The normalized spacial score (nSPS) is 18.8. The number of likely N-dealkylation sites (tertiary alicyclic amines) is 1. The lowest BCUT2D eigenvalue weighted by molar-refractivity contribution is 0.195. The van der Waals surface area contributed by atoms with Gasteiger partial charge in [-0.05, 0) is 56.1 Å². The highest BCUT2D eigenvalue weighted by molar-refractivity contribution is 5.27. The lowest BCUT2D eigenvalue weighted by atomic mass is 10.1. The fourth-order valence-corrected chi connectivity index (χ4v) is 2.99. The van der Waals surface area contributed by atoms with Crippen LogP contribution in [-0.4, -0.2) is 29.6 Å². The summed E-state index contributed by atoms with van der Waals surface area (Å²) in [5.74, 6) is 0.962. The van der Waals surface area contributed by atoms with Gasteiger partial charge in [-0.1, -0.05) is 18.2 Å². The first-order valence-electron chi connectivity index (χ1n) is 7.67. The molecule has 0 N–H and O–H groups in total. The summed E-state index contributed by atoms with van der Waals surface area (Å²) >= 11 is 0. The topological polar surface area (TPSA) is 25.4 Å². The third-order valence-corrected chi connectivity index (χ3v) is 4.03. The van der Waals surface area contributed by atoms with Crippen LogP contribution in [0.4, 0.5) is 0 Å². The summed E-state index contributed by atoms with van der Waals surface area (Å²) in [6.45, 7) is 4.91. The molecule has 110 valence electrons. The fourth-order valence-electron chi connectivity index (χ4n) is 2.99. The van der Waals surface area contributed by atoms with Crippen LogP contribution in [0, 0.1) is 6.92 Å². The lowest BCUT2D eigenvalue weighted by Crippen LogP contribution is -2.28. The standard InChI is InChI=1S/C18H22N2O/c1-15-6-4-7-16(14-15)21-13-12-20-11-5-9-18(20)17-8-2-3-10-19-17/h2-4,6-8,10,14,18H,5,9,11-13H2,1H3/t18-/m0/s1. The van der Waals surface area contributed by atoms with Crippen LogP contribution in [0.5, 0.6) is 5.75 Å². The molecule has 0 aliphatic carbocycles. The molecule has 0 radical (unpaired) electrons. The highest BCUT2D eigenvalue weighted by atomic mass is 16.5. The number of rotatable bonds is 5. The molecule has 1 aliphatic heterocycles. The zero-order chi connectivity index (χ0) is 14.5. The van der Waals surface area contributed by atoms with Gasteiger partial charge in [0.05, 0.1) is 11.7 Å². The number of hydrogen-bond acceptors (Lipinski definition) is 3. The van der Waals surface area contributed by atoms with E-state index >= 15 is 0 Å². The van der Waals surface area contributed by atoms with Gasteiger partial charge >= 0.3 is 0 Å². The molecule has 0 unspecified atom stereocenters. The summed E-state index contributed by atoms with van der Waals surface area (Å²) in [6, 6.07) is 14.9. The second-order valence-electron chi connectivity index (χ2n) is 5.61. The van der Waals surface area contributed by atoms with Crippen molar-refractivity contribution in [2.75, 3.05) is 19.7 Å². The largest absolute Gasteiger partial charge is 0.492 e. The van der Waals surface area contributed by atoms with Gasteiger partial charge in [-0.15, -0.1) is 0 Å². The minimum Gasteiger partial charge on any atom is -0.492 e. The Morgan fingerprint density at radius 1 is 1.24 bits per heavy atom. The smallest absolute Gasteiger partial charge is 0.119 e. The molecule has 0 amide bonds. The van der Waals surface area contributed by atoms with Crippen LogP contribution in [0.2, 0.25) is 0 Å². The Hall–Kier alpha value is -1.87. The van der Waals surface area contributed by atoms with Gasteiger partial charge in [0, 0.05) is 12.7 Å². The monoisotopic (exact) mass is 282 g/mol. The molecule has 0 bridgehead atoms. The van der Waals surface area contributed by atoms with Crippen LogP contribution >= 0.6 is 0 Å². The molecule has 1 aliphatic rings.